The van der Waals surface area contributed by atoms with Gasteiger partial charge in [0, 0.05) is 10.2 Å². The van der Waals surface area contributed by atoms with Crippen LogP contribution in [-0.2, 0) is 17.8 Å². The SMILES string of the molecule is O=C(Cc1cc2c(cc1Br)OCCO2)Nc1ccc(Cn2cncn2)cc1. The average Bonchev–Trinajstić information content (AvgIpc) is 3.17. The smallest absolute Gasteiger partial charge is 0.228 e. The molecule has 1 aliphatic heterocycles. The van der Waals surface area contributed by atoms with Gasteiger partial charge in [0.05, 0.1) is 13.0 Å². The summed E-state index contributed by atoms with van der Waals surface area (Å²) in [5.41, 5.74) is 2.67. The summed E-state index contributed by atoms with van der Waals surface area (Å²) >= 11 is 3.50. The lowest BCUT2D eigenvalue weighted by atomic mass is 10.1. The van der Waals surface area contributed by atoms with Gasteiger partial charge in [0.1, 0.15) is 25.9 Å². The number of halogens is 1. The third-order valence-electron chi connectivity index (χ3n) is 4.11. The minimum absolute atomic E-state index is 0.101. The first-order valence-corrected chi connectivity index (χ1v) is 9.26. The third kappa shape index (κ3) is 4.28. The van der Waals surface area contributed by atoms with E-state index in [9.17, 15) is 4.79 Å². The Morgan fingerprint density at radius 1 is 1.15 bits per heavy atom. The normalized spacial score (nSPS) is 12.6. The molecule has 0 unspecified atom stereocenters. The molecule has 1 amide bonds. The Balaban J connectivity index is 1.39. The number of nitrogens with one attached hydrogen (secondary N) is 1. The predicted molar refractivity (Wildman–Crippen MR) is 103 cm³/mol. The van der Waals surface area contributed by atoms with Crippen LogP contribution >= 0.6 is 15.9 Å². The van der Waals surface area contributed by atoms with Crippen LogP contribution < -0.4 is 14.8 Å². The summed E-state index contributed by atoms with van der Waals surface area (Å²) in [6, 6.07) is 11.4. The standard InChI is InChI=1S/C19H17BrN4O3/c20-16-9-18-17(26-5-6-27-18)7-14(16)8-19(25)23-15-3-1-13(2-4-15)10-24-12-21-11-22-24/h1-4,7,9,11-12H,5-6,8,10H2,(H,23,25). The van der Waals surface area contributed by atoms with Crippen molar-refractivity contribution in [2.75, 3.05) is 18.5 Å². The van der Waals surface area contributed by atoms with Gasteiger partial charge >= 0.3 is 0 Å². The van der Waals surface area contributed by atoms with Crippen molar-refractivity contribution < 1.29 is 14.3 Å². The van der Waals surface area contributed by atoms with Gasteiger partial charge in [-0.1, -0.05) is 28.1 Å². The van der Waals surface area contributed by atoms with E-state index in [0.29, 0.717) is 31.3 Å². The van der Waals surface area contributed by atoms with Crippen molar-refractivity contribution >= 4 is 27.5 Å². The molecule has 2 aromatic carbocycles. The van der Waals surface area contributed by atoms with Crippen molar-refractivity contribution in [1.29, 1.82) is 0 Å². The van der Waals surface area contributed by atoms with Crippen LogP contribution in [-0.4, -0.2) is 33.9 Å². The van der Waals surface area contributed by atoms with E-state index in [1.54, 1.807) is 11.0 Å². The number of ether oxygens (including phenoxy) is 2. The quantitative estimate of drug-likeness (QED) is 0.675. The Morgan fingerprint density at radius 3 is 2.59 bits per heavy atom. The van der Waals surface area contributed by atoms with Gasteiger partial charge < -0.3 is 14.8 Å². The minimum Gasteiger partial charge on any atom is -0.486 e. The number of aromatic nitrogens is 3. The highest BCUT2D eigenvalue weighted by Gasteiger charge is 2.16. The van der Waals surface area contributed by atoms with Gasteiger partial charge in [-0.15, -0.1) is 0 Å². The molecule has 1 aromatic heterocycles. The lowest BCUT2D eigenvalue weighted by Gasteiger charge is -2.19. The van der Waals surface area contributed by atoms with Crippen molar-refractivity contribution in [2.24, 2.45) is 0 Å². The van der Waals surface area contributed by atoms with Gasteiger partial charge in [-0.05, 0) is 35.4 Å². The molecule has 0 saturated carbocycles. The highest BCUT2D eigenvalue weighted by atomic mass is 79.9. The van der Waals surface area contributed by atoms with E-state index in [0.717, 1.165) is 21.3 Å². The first kappa shape index (κ1) is 17.5. The Hall–Kier alpha value is -2.87. The second kappa shape index (κ2) is 7.79. The summed E-state index contributed by atoms with van der Waals surface area (Å²) in [5.74, 6) is 1.27. The summed E-state index contributed by atoms with van der Waals surface area (Å²) in [6.07, 6.45) is 3.41. The third-order valence-corrected chi connectivity index (χ3v) is 4.85. The topological polar surface area (TPSA) is 78.3 Å². The van der Waals surface area contributed by atoms with Crippen molar-refractivity contribution in [3.63, 3.8) is 0 Å². The molecular formula is C19H17BrN4O3. The molecule has 0 fully saturated rings. The number of rotatable bonds is 5. The Kier molecular flexibility index (Phi) is 5.06. The van der Waals surface area contributed by atoms with E-state index in [-0.39, 0.29) is 12.3 Å². The molecule has 1 N–H and O–H groups in total. The molecule has 8 heteroatoms. The lowest BCUT2D eigenvalue weighted by molar-refractivity contribution is -0.115. The number of amides is 1. The number of nitrogens with zero attached hydrogens (tertiary/aromatic N) is 3. The number of fused-ring (bicyclic) bond motifs is 1. The van der Waals surface area contributed by atoms with Crippen molar-refractivity contribution in [3.8, 4) is 11.5 Å². The summed E-state index contributed by atoms with van der Waals surface area (Å²) in [4.78, 5) is 16.3. The molecule has 138 valence electrons. The van der Waals surface area contributed by atoms with Crippen molar-refractivity contribution in [2.45, 2.75) is 13.0 Å². The van der Waals surface area contributed by atoms with E-state index in [2.05, 4.69) is 31.3 Å². The van der Waals surface area contributed by atoms with E-state index in [4.69, 9.17) is 9.47 Å². The molecule has 0 bridgehead atoms. The van der Waals surface area contributed by atoms with Crippen molar-refractivity contribution in [1.82, 2.24) is 14.8 Å². The summed E-state index contributed by atoms with van der Waals surface area (Å²) in [6.45, 7) is 1.69. The van der Waals surface area contributed by atoms with Crippen LogP contribution in [0.2, 0.25) is 0 Å². The molecule has 0 atom stereocenters. The second-order valence-corrected chi connectivity index (χ2v) is 6.96. The van der Waals surface area contributed by atoms with Gasteiger partial charge in [0.25, 0.3) is 0 Å². The zero-order valence-corrected chi connectivity index (χ0v) is 16.0. The fourth-order valence-corrected chi connectivity index (χ4v) is 3.28. The van der Waals surface area contributed by atoms with Crippen molar-refractivity contribution in [3.05, 3.63) is 64.7 Å². The molecule has 2 heterocycles. The second-order valence-electron chi connectivity index (χ2n) is 6.10. The maximum Gasteiger partial charge on any atom is 0.228 e. The van der Waals surface area contributed by atoms with E-state index >= 15 is 0 Å². The molecule has 0 radical (unpaired) electrons. The van der Waals surface area contributed by atoms with Crippen LogP contribution in [0.1, 0.15) is 11.1 Å². The average molecular weight is 429 g/mol. The van der Waals surface area contributed by atoms with Crippen LogP contribution in [0.25, 0.3) is 0 Å². The Bertz CT molecular complexity index is 942. The van der Waals surface area contributed by atoms with Gasteiger partial charge in [-0.25, -0.2) is 9.67 Å². The van der Waals surface area contributed by atoms with Gasteiger partial charge in [-0.3, -0.25) is 4.79 Å². The minimum atomic E-state index is -0.101. The fourth-order valence-electron chi connectivity index (χ4n) is 2.81. The van der Waals surface area contributed by atoms with E-state index < -0.39 is 0 Å². The highest BCUT2D eigenvalue weighted by molar-refractivity contribution is 9.10. The molecular weight excluding hydrogens is 412 g/mol. The number of carbonyl (C=O) groups is 1. The highest BCUT2D eigenvalue weighted by Crippen LogP contribution is 2.35. The van der Waals surface area contributed by atoms with Crippen LogP contribution in [0.4, 0.5) is 5.69 Å². The fraction of sp³-hybridized carbons (Fsp3) is 0.211. The number of hydrogen-bond acceptors (Lipinski definition) is 5. The van der Waals surface area contributed by atoms with Gasteiger partial charge in [-0.2, -0.15) is 5.10 Å². The van der Waals surface area contributed by atoms with Crippen LogP contribution in [0.5, 0.6) is 11.5 Å². The van der Waals surface area contributed by atoms with Crippen LogP contribution in [0.3, 0.4) is 0 Å². The molecule has 0 aliphatic carbocycles. The van der Waals surface area contributed by atoms with Crippen LogP contribution in [0, 0.1) is 0 Å². The largest absolute Gasteiger partial charge is 0.486 e. The number of carbonyl (C=O) groups excluding carboxylic acids is 1. The van der Waals surface area contributed by atoms with Gasteiger partial charge in [0.15, 0.2) is 11.5 Å². The zero-order chi connectivity index (χ0) is 18.6. The predicted octanol–water partition coefficient (Wildman–Crippen LogP) is 3.04. The Morgan fingerprint density at radius 2 is 1.89 bits per heavy atom. The number of hydrogen-bond donors (Lipinski definition) is 1. The molecule has 4 rings (SSSR count). The summed E-state index contributed by atoms with van der Waals surface area (Å²) < 4.78 is 13.7. The van der Waals surface area contributed by atoms with E-state index in [1.165, 1.54) is 6.33 Å². The molecule has 0 saturated heterocycles. The van der Waals surface area contributed by atoms with E-state index in [1.807, 2.05) is 36.4 Å². The number of anilines is 1. The zero-order valence-electron chi connectivity index (χ0n) is 14.4. The molecule has 0 spiro atoms. The summed E-state index contributed by atoms with van der Waals surface area (Å²) in [5, 5.41) is 7.00. The van der Waals surface area contributed by atoms with Crippen LogP contribution in [0.15, 0.2) is 53.5 Å². The molecule has 27 heavy (non-hydrogen) atoms. The first-order chi connectivity index (χ1) is 13.2. The maximum atomic E-state index is 12.4. The monoisotopic (exact) mass is 428 g/mol. The molecule has 7 nitrogen and oxygen atoms in total. The molecule has 1 aliphatic rings. The number of benzene rings is 2. The maximum absolute atomic E-state index is 12.4. The lowest BCUT2D eigenvalue weighted by Crippen LogP contribution is -2.17. The Labute approximate surface area is 164 Å². The first-order valence-electron chi connectivity index (χ1n) is 8.46. The summed E-state index contributed by atoms with van der Waals surface area (Å²) in [7, 11) is 0. The molecule has 3 aromatic rings. The van der Waals surface area contributed by atoms with Gasteiger partial charge in [0.2, 0.25) is 5.91 Å².